The molecule has 0 aliphatic heterocycles. The fraction of sp³-hybridized carbons (Fsp3) is 0.391. The van der Waals surface area contributed by atoms with Gasteiger partial charge in [-0.3, -0.25) is 4.79 Å². The highest BCUT2D eigenvalue weighted by Crippen LogP contribution is 2.34. The summed E-state index contributed by atoms with van der Waals surface area (Å²) in [5.41, 5.74) is 2.92. The number of pyridine rings is 2. The van der Waals surface area contributed by atoms with Crippen LogP contribution in [-0.4, -0.2) is 40.2 Å². The van der Waals surface area contributed by atoms with Gasteiger partial charge in [0, 0.05) is 29.8 Å². The third-order valence-electron chi connectivity index (χ3n) is 6.07. The third-order valence-corrected chi connectivity index (χ3v) is 6.07. The van der Waals surface area contributed by atoms with Gasteiger partial charge in [-0.2, -0.15) is 10.4 Å². The summed E-state index contributed by atoms with van der Waals surface area (Å²) in [7, 11) is 1.99. The normalized spacial score (nSPS) is 20.1. The zero-order valence-corrected chi connectivity index (χ0v) is 17.3. The second-order valence-corrected chi connectivity index (χ2v) is 8.39. The molecule has 2 aliphatic carbocycles. The van der Waals surface area contributed by atoms with Crippen molar-refractivity contribution in [2.24, 2.45) is 11.8 Å². The van der Waals surface area contributed by atoms with Gasteiger partial charge in [0.05, 0.1) is 18.3 Å². The van der Waals surface area contributed by atoms with Gasteiger partial charge >= 0.3 is 0 Å². The Kier molecular flexibility index (Phi) is 5.04. The van der Waals surface area contributed by atoms with Crippen LogP contribution in [0.25, 0.3) is 16.6 Å². The smallest absolute Gasteiger partial charge is 0.228 e. The van der Waals surface area contributed by atoms with Gasteiger partial charge in [0.1, 0.15) is 17.5 Å². The van der Waals surface area contributed by atoms with Crippen LogP contribution >= 0.6 is 0 Å². The molecule has 0 radical (unpaired) electrons. The number of aromatic nitrogens is 3. The van der Waals surface area contributed by atoms with Crippen molar-refractivity contribution in [2.75, 3.05) is 19.0 Å². The number of nitrogens with one attached hydrogen (secondary N) is 2. The zero-order valence-electron chi connectivity index (χ0n) is 17.3. The average Bonchev–Trinajstić information content (AvgIpc) is 3.53. The number of nitriles is 1. The molecule has 3 heterocycles. The van der Waals surface area contributed by atoms with Gasteiger partial charge in [-0.1, -0.05) is 0 Å². The predicted molar refractivity (Wildman–Crippen MR) is 116 cm³/mol. The van der Waals surface area contributed by atoms with Gasteiger partial charge in [0.2, 0.25) is 5.91 Å². The lowest BCUT2D eigenvalue weighted by Gasteiger charge is -2.34. The molecule has 8 nitrogen and oxygen atoms in total. The van der Waals surface area contributed by atoms with Crippen molar-refractivity contribution >= 4 is 17.2 Å². The number of fused-ring (bicyclic) bond motifs is 1. The van der Waals surface area contributed by atoms with Crippen LogP contribution in [0, 0.1) is 23.2 Å². The summed E-state index contributed by atoms with van der Waals surface area (Å²) >= 11 is 0. The lowest BCUT2D eigenvalue weighted by Crippen LogP contribution is -2.41. The van der Waals surface area contributed by atoms with Gasteiger partial charge in [-0.25, -0.2) is 9.50 Å². The lowest BCUT2D eigenvalue weighted by atomic mass is 9.81. The van der Waals surface area contributed by atoms with Gasteiger partial charge in [-0.15, -0.1) is 0 Å². The molecule has 2 N–H and O–H groups in total. The number of carbonyl (C=O) groups is 1. The van der Waals surface area contributed by atoms with E-state index in [4.69, 9.17) is 4.74 Å². The van der Waals surface area contributed by atoms with Crippen LogP contribution in [0.2, 0.25) is 0 Å². The summed E-state index contributed by atoms with van der Waals surface area (Å²) in [5, 5.41) is 19.9. The molecule has 2 fully saturated rings. The molecule has 0 aromatic carbocycles. The van der Waals surface area contributed by atoms with Crippen LogP contribution in [0.15, 0.2) is 36.7 Å². The molecule has 0 saturated heterocycles. The van der Waals surface area contributed by atoms with E-state index in [1.54, 1.807) is 16.8 Å². The third kappa shape index (κ3) is 4.09. The fourth-order valence-corrected chi connectivity index (χ4v) is 3.96. The molecule has 8 heteroatoms. The quantitative estimate of drug-likeness (QED) is 0.614. The number of rotatable bonds is 7. The van der Waals surface area contributed by atoms with Crippen molar-refractivity contribution in [3.63, 3.8) is 0 Å². The van der Waals surface area contributed by atoms with Crippen molar-refractivity contribution in [1.29, 1.82) is 5.26 Å². The number of amides is 1. The Bertz CT molecular complexity index is 1170. The van der Waals surface area contributed by atoms with Crippen LogP contribution in [0.3, 0.4) is 0 Å². The monoisotopic (exact) mass is 416 g/mol. The van der Waals surface area contributed by atoms with Crippen LogP contribution in [0.5, 0.6) is 5.75 Å². The second-order valence-electron chi connectivity index (χ2n) is 8.39. The zero-order chi connectivity index (χ0) is 21.4. The standard InChI is InChI=1S/C23H24N6O2/c1-25-17-6-14(7-17)13-31-21-12-26-18(11-24)9-20(21)16-4-5-29-19(8-16)10-22(28-29)27-23(30)15-2-3-15/h4-5,8-10,12,14-15,17,25H,2-3,6-7,13H2,1H3,(H,27,28,30)/t14-,17+. The van der Waals surface area contributed by atoms with E-state index in [1.165, 1.54) is 0 Å². The van der Waals surface area contributed by atoms with E-state index < -0.39 is 0 Å². The molecular weight excluding hydrogens is 392 g/mol. The van der Waals surface area contributed by atoms with Crippen molar-refractivity contribution in [3.05, 3.63) is 42.4 Å². The Morgan fingerprint density at radius 3 is 2.90 bits per heavy atom. The summed E-state index contributed by atoms with van der Waals surface area (Å²) in [6.07, 6.45) is 7.58. The van der Waals surface area contributed by atoms with Crippen LogP contribution in [-0.2, 0) is 4.79 Å². The number of anilines is 1. The molecule has 0 bridgehead atoms. The highest BCUT2D eigenvalue weighted by molar-refractivity contribution is 5.93. The van der Waals surface area contributed by atoms with Crippen molar-refractivity contribution in [3.8, 4) is 22.9 Å². The molecule has 3 aromatic heterocycles. The van der Waals surface area contributed by atoms with Crippen molar-refractivity contribution in [2.45, 2.75) is 31.7 Å². The van der Waals surface area contributed by atoms with Crippen LogP contribution < -0.4 is 15.4 Å². The first-order chi connectivity index (χ1) is 15.1. The minimum atomic E-state index is 0.0311. The molecule has 2 aliphatic rings. The average molecular weight is 416 g/mol. The first-order valence-corrected chi connectivity index (χ1v) is 10.6. The lowest BCUT2D eigenvalue weighted by molar-refractivity contribution is -0.117. The minimum Gasteiger partial charge on any atom is -0.491 e. The molecule has 5 rings (SSSR count). The van der Waals surface area contributed by atoms with E-state index in [1.807, 2.05) is 31.4 Å². The van der Waals surface area contributed by atoms with Crippen molar-refractivity contribution < 1.29 is 9.53 Å². The van der Waals surface area contributed by atoms with E-state index in [9.17, 15) is 10.1 Å². The molecule has 3 aromatic rings. The maximum atomic E-state index is 12.0. The molecular formula is C23H24N6O2. The Hall–Kier alpha value is -3.44. The largest absolute Gasteiger partial charge is 0.491 e. The molecule has 0 spiro atoms. The minimum absolute atomic E-state index is 0.0311. The topological polar surface area (TPSA) is 104 Å². The van der Waals surface area contributed by atoms with Gasteiger partial charge in [-0.05, 0) is 62.4 Å². The molecule has 0 unspecified atom stereocenters. The van der Waals surface area contributed by atoms with Crippen LogP contribution in [0.4, 0.5) is 5.82 Å². The molecule has 2 saturated carbocycles. The predicted octanol–water partition coefficient (Wildman–Crippen LogP) is 2.99. The number of nitrogens with zero attached hydrogens (tertiary/aromatic N) is 4. The first kappa shape index (κ1) is 19.5. The highest BCUT2D eigenvalue weighted by Gasteiger charge is 2.30. The van der Waals surface area contributed by atoms with Gasteiger partial charge in [0.15, 0.2) is 5.82 Å². The SMILES string of the molecule is CN[C@H]1C[C@@H](COc2cnc(C#N)cc2-c2ccn3nc(NC(=O)C4CC4)cc3c2)C1. The van der Waals surface area contributed by atoms with Gasteiger partial charge in [0.25, 0.3) is 0 Å². The molecule has 0 atom stereocenters. The molecule has 158 valence electrons. The Morgan fingerprint density at radius 2 is 2.16 bits per heavy atom. The summed E-state index contributed by atoms with van der Waals surface area (Å²) in [6.45, 7) is 0.630. The molecule has 31 heavy (non-hydrogen) atoms. The van der Waals surface area contributed by atoms with E-state index in [2.05, 4.69) is 26.8 Å². The molecule has 1 amide bonds. The summed E-state index contributed by atoms with van der Waals surface area (Å²) < 4.78 is 7.84. The Balaban J connectivity index is 1.39. The summed E-state index contributed by atoms with van der Waals surface area (Å²) in [4.78, 5) is 16.2. The second kappa shape index (κ2) is 8.00. The number of carbonyl (C=O) groups excluding carboxylic acids is 1. The Labute approximate surface area is 180 Å². The first-order valence-electron chi connectivity index (χ1n) is 10.6. The number of hydrogen-bond donors (Lipinski definition) is 2. The van der Waals surface area contributed by atoms with Gasteiger partial charge < -0.3 is 15.4 Å². The van der Waals surface area contributed by atoms with E-state index in [0.29, 0.717) is 35.8 Å². The Morgan fingerprint density at radius 1 is 1.32 bits per heavy atom. The summed E-state index contributed by atoms with van der Waals surface area (Å²) in [6, 6.07) is 10.2. The highest BCUT2D eigenvalue weighted by atomic mass is 16.5. The fourth-order valence-electron chi connectivity index (χ4n) is 3.96. The van der Waals surface area contributed by atoms with E-state index >= 15 is 0 Å². The van der Waals surface area contributed by atoms with E-state index in [0.717, 1.165) is 42.3 Å². The van der Waals surface area contributed by atoms with Crippen molar-refractivity contribution in [1.82, 2.24) is 19.9 Å². The van der Waals surface area contributed by atoms with Crippen LogP contribution in [0.1, 0.15) is 31.4 Å². The van der Waals surface area contributed by atoms with E-state index in [-0.39, 0.29) is 11.8 Å². The maximum Gasteiger partial charge on any atom is 0.228 e. The number of ether oxygens (including phenoxy) is 1. The number of hydrogen-bond acceptors (Lipinski definition) is 6. The maximum absolute atomic E-state index is 12.0. The summed E-state index contributed by atoms with van der Waals surface area (Å²) in [5.74, 6) is 1.89.